The number of H-pyrrole nitrogens is 1. The van der Waals surface area contributed by atoms with Gasteiger partial charge in [0.1, 0.15) is 11.5 Å². The van der Waals surface area contributed by atoms with E-state index < -0.39 is 12.2 Å². The Hall–Kier alpha value is -5.30. The second-order valence-corrected chi connectivity index (χ2v) is 14.3. The molecular formula is C43H50F2N4O6. The van der Waals surface area contributed by atoms with Gasteiger partial charge < -0.3 is 35.3 Å². The van der Waals surface area contributed by atoms with Gasteiger partial charge in [0.15, 0.2) is 0 Å². The van der Waals surface area contributed by atoms with Crippen LogP contribution in [0.4, 0.5) is 19.9 Å². The van der Waals surface area contributed by atoms with Crippen molar-refractivity contribution in [1.82, 2.24) is 15.2 Å². The molecule has 3 aliphatic rings. The predicted molar refractivity (Wildman–Crippen MR) is 213 cm³/mol. The van der Waals surface area contributed by atoms with Crippen molar-refractivity contribution in [1.29, 1.82) is 0 Å². The van der Waals surface area contributed by atoms with Crippen molar-refractivity contribution in [3.63, 3.8) is 0 Å². The average molecular weight is 757 g/mol. The molecule has 1 amide bonds. The normalized spacial score (nSPS) is 17.9. The van der Waals surface area contributed by atoms with Gasteiger partial charge in [0.2, 0.25) is 5.56 Å². The maximum atomic E-state index is 12.9. The number of aryl methyl sites for hydroxylation is 1. The Morgan fingerprint density at radius 3 is 2.36 bits per heavy atom. The minimum Gasteiger partial charge on any atom is -0.506 e. The summed E-state index contributed by atoms with van der Waals surface area (Å²) in [6, 6.07) is 30.6. The van der Waals surface area contributed by atoms with Crippen molar-refractivity contribution in [2.24, 2.45) is 5.92 Å². The minimum absolute atomic E-state index is 0. The van der Waals surface area contributed by atoms with Gasteiger partial charge in [-0.25, -0.2) is 4.79 Å². The van der Waals surface area contributed by atoms with Gasteiger partial charge >= 0.3 is 6.09 Å². The fourth-order valence-electron chi connectivity index (χ4n) is 7.95. The van der Waals surface area contributed by atoms with Crippen LogP contribution in [0.2, 0.25) is 0 Å². The topological polar surface area (TPSA) is 138 Å². The first-order valence-electron chi connectivity index (χ1n) is 18.7. The van der Waals surface area contributed by atoms with Crippen LogP contribution in [0.15, 0.2) is 102 Å². The van der Waals surface area contributed by atoms with Gasteiger partial charge in [0, 0.05) is 30.1 Å². The fourth-order valence-corrected chi connectivity index (χ4v) is 7.95. The smallest absolute Gasteiger partial charge is 0.412 e. The largest absolute Gasteiger partial charge is 0.506 e. The lowest BCUT2D eigenvalue weighted by molar-refractivity contribution is 0.0837. The Morgan fingerprint density at radius 1 is 0.909 bits per heavy atom. The van der Waals surface area contributed by atoms with Crippen LogP contribution in [0.1, 0.15) is 48.5 Å². The molecule has 8 rings (SSSR count). The number of carbonyl (C=O) groups is 1. The van der Waals surface area contributed by atoms with Crippen LogP contribution in [0.5, 0.6) is 11.5 Å². The van der Waals surface area contributed by atoms with Gasteiger partial charge in [-0.1, -0.05) is 60.7 Å². The lowest BCUT2D eigenvalue weighted by Gasteiger charge is -2.48. The number of pyridine rings is 1. The summed E-state index contributed by atoms with van der Waals surface area (Å²) in [6.07, 6.45) is 3.82. The Balaban J connectivity index is 0.00000290. The molecule has 0 radical (unpaired) electrons. The molecule has 12 heteroatoms. The van der Waals surface area contributed by atoms with Crippen molar-refractivity contribution >= 4 is 22.7 Å². The van der Waals surface area contributed by atoms with E-state index >= 15 is 0 Å². The number of fused-ring (bicyclic) bond motifs is 4. The van der Waals surface area contributed by atoms with Crippen LogP contribution in [-0.4, -0.2) is 76.7 Å². The van der Waals surface area contributed by atoms with Gasteiger partial charge in [-0.3, -0.25) is 19.1 Å². The predicted octanol–water partition coefficient (Wildman–Crippen LogP) is 7.05. The molecule has 4 aromatic carbocycles. The summed E-state index contributed by atoms with van der Waals surface area (Å²) >= 11 is 0. The Bertz CT molecular complexity index is 2070. The molecule has 0 spiro atoms. The molecule has 4 heterocycles. The van der Waals surface area contributed by atoms with Gasteiger partial charge in [0.25, 0.3) is 0 Å². The number of phenolic OH excluding ortho intramolecular Hbond substituents is 1. The number of aromatic amines is 1. The van der Waals surface area contributed by atoms with E-state index in [-0.39, 0.29) is 26.8 Å². The quantitative estimate of drug-likeness (QED) is 0.0717. The number of ether oxygens (including phenoxy) is 1. The maximum absolute atomic E-state index is 12.9. The fraction of sp³-hybridized carbons (Fsp3) is 0.349. The Labute approximate surface area is 319 Å². The second-order valence-electron chi connectivity index (χ2n) is 14.3. The number of halogens is 2. The molecule has 55 heavy (non-hydrogen) atoms. The third-order valence-corrected chi connectivity index (χ3v) is 10.8. The molecule has 5 aromatic rings. The lowest BCUT2D eigenvalue weighted by atomic mass is 9.82. The molecule has 0 saturated carbocycles. The summed E-state index contributed by atoms with van der Waals surface area (Å²) in [6.45, 7) is 4.50. The number of phenols is 1. The molecule has 10 nitrogen and oxygen atoms in total. The first-order valence-corrected chi connectivity index (χ1v) is 18.7. The molecule has 3 aliphatic heterocycles. The summed E-state index contributed by atoms with van der Waals surface area (Å²) in [5.41, 5.74) is 5.69. The van der Waals surface area contributed by atoms with Crippen molar-refractivity contribution in [3.8, 4) is 22.6 Å². The monoisotopic (exact) mass is 756 g/mol. The zero-order valence-electron chi connectivity index (χ0n) is 30.7. The highest BCUT2D eigenvalue weighted by atomic mass is 19.0. The Morgan fingerprint density at radius 2 is 1.65 bits per heavy atom. The van der Waals surface area contributed by atoms with Gasteiger partial charge in [-0.15, -0.1) is 0 Å². The van der Waals surface area contributed by atoms with Crippen LogP contribution in [0.25, 0.3) is 22.0 Å². The molecule has 0 unspecified atom stereocenters. The number of benzene rings is 4. The number of hydrogen-bond acceptors (Lipinski definition) is 7. The number of aromatic hydroxyl groups is 1. The average Bonchev–Trinajstić information content (AvgIpc) is 3.18. The molecule has 2 atom stereocenters. The van der Waals surface area contributed by atoms with Crippen molar-refractivity contribution in [2.45, 2.75) is 50.7 Å². The first kappa shape index (κ1) is 40.9. The van der Waals surface area contributed by atoms with Gasteiger partial charge in [-0.2, -0.15) is 0 Å². The Kier molecular flexibility index (Phi) is 14.0. The van der Waals surface area contributed by atoms with Crippen LogP contribution in [0.3, 0.4) is 0 Å². The summed E-state index contributed by atoms with van der Waals surface area (Å²) < 4.78 is 6.05. The van der Waals surface area contributed by atoms with Crippen molar-refractivity contribution < 1.29 is 34.3 Å². The van der Waals surface area contributed by atoms with Crippen molar-refractivity contribution in [3.05, 3.63) is 124 Å². The summed E-state index contributed by atoms with van der Waals surface area (Å²) in [5, 5.41) is 35.4. The third kappa shape index (κ3) is 9.69. The molecule has 3 saturated heterocycles. The van der Waals surface area contributed by atoms with E-state index in [1.165, 1.54) is 12.1 Å². The minimum atomic E-state index is -0.882. The number of amides is 1. The summed E-state index contributed by atoms with van der Waals surface area (Å²) in [4.78, 5) is 31.3. The number of nitrogens with zero attached hydrogens (tertiary/aromatic N) is 2. The van der Waals surface area contributed by atoms with Gasteiger partial charge in [0.05, 0.1) is 30.0 Å². The van der Waals surface area contributed by atoms with Crippen LogP contribution < -0.4 is 20.5 Å². The number of rotatable bonds is 15. The molecule has 0 aliphatic carbocycles. The van der Waals surface area contributed by atoms with Crippen LogP contribution in [-0.2, 0) is 12.8 Å². The highest BCUT2D eigenvalue weighted by molar-refractivity contribution is 5.94. The molecule has 3 fully saturated rings. The number of aromatic nitrogens is 1. The van der Waals surface area contributed by atoms with E-state index in [2.05, 4.69) is 57.7 Å². The molecule has 2 bridgehead atoms. The van der Waals surface area contributed by atoms with E-state index in [9.17, 15) is 24.9 Å². The first-order chi connectivity index (χ1) is 25.8. The lowest BCUT2D eigenvalue weighted by Crippen LogP contribution is -2.59. The highest BCUT2D eigenvalue weighted by Gasteiger charge is 2.40. The molecule has 1 aromatic heterocycles. The maximum Gasteiger partial charge on any atom is 0.412 e. The summed E-state index contributed by atoms with van der Waals surface area (Å²) in [5.74, 6) is 1.18. The standard InChI is InChI=1S/C43H48N4O6.2FH/c48-39-17-15-35(36-16-18-41(50)45-42(36)39)40(49)27-44-22-19-29-9-12-33(13-10-29)53-25-5-4-6-30-11-14-34(31-7-2-1-3-8-31)37(26-30)47(43(51)52)38-28-46-23-20-32(38)21-24-46;;/h1-3,7-18,26,32,38,40,44,48-49H,4-6,19-25,27-28H2,(H,45,50)(H,51,52);2*1H/t38-,40+;;/m0../s1. The van der Waals surface area contributed by atoms with E-state index in [4.69, 9.17) is 4.74 Å². The molecule has 5 N–H and O–H groups in total. The van der Waals surface area contributed by atoms with Crippen LogP contribution >= 0.6 is 0 Å². The zero-order chi connectivity index (χ0) is 36.7. The number of aliphatic hydroxyl groups excluding tert-OH is 1. The molecular weight excluding hydrogens is 706 g/mol. The van der Waals surface area contributed by atoms with E-state index in [1.54, 1.807) is 17.0 Å². The number of carboxylic acid groups (broad SMARTS) is 1. The number of anilines is 1. The van der Waals surface area contributed by atoms with E-state index in [0.717, 1.165) is 91.8 Å². The number of aliphatic hydroxyl groups is 1. The van der Waals surface area contributed by atoms with Crippen molar-refractivity contribution in [2.75, 3.05) is 44.2 Å². The number of unbranched alkanes of at least 4 members (excludes halogenated alkanes) is 1. The zero-order valence-corrected chi connectivity index (χ0v) is 30.7. The molecule has 292 valence electrons. The second kappa shape index (κ2) is 18.8. The van der Waals surface area contributed by atoms with Crippen LogP contribution in [0, 0.1) is 5.92 Å². The van der Waals surface area contributed by atoms with E-state index in [1.807, 2.05) is 30.3 Å². The number of nitrogens with one attached hydrogen (secondary N) is 2. The number of hydrogen-bond donors (Lipinski definition) is 5. The highest BCUT2D eigenvalue weighted by Crippen LogP contribution is 2.39. The number of piperidine rings is 3. The third-order valence-electron chi connectivity index (χ3n) is 10.8. The SMILES string of the molecule is F.F.O=C(O)N(c1cc(CCCCOc2ccc(CCNC[C@@H](O)c3ccc(O)c4[nH]c(=O)ccc34)cc2)ccc1-c1ccccc1)[C@H]1CN2CCC1CC2. The van der Waals surface area contributed by atoms with Gasteiger partial charge in [-0.05, 0) is 117 Å². The summed E-state index contributed by atoms with van der Waals surface area (Å²) in [7, 11) is 0. The van der Waals surface area contributed by atoms with E-state index in [0.29, 0.717) is 42.1 Å².